The Morgan fingerprint density at radius 1 is 1.11 bits per heavy atom. The van der Waals surface area contributed by atoms with E-state index in [0.717, 1.165) is 61.4 Å². The van der Waals surface area contributed by atoms with E-state index < -0.39 is 0 Å². The van der Waals surface area contributed by atoms with Crippen LogP contribution in [0.25, 0.3) is 0 Å². The van der Waals surface area contributed by atoms with Crippen LogP contribution in [0.2, 0.25) is 0 Å². The van der Waals surface area contributed by atoms with Gasteiger partial charge < -0.3 is 10.6 Å². The highest BCUT2D eigenvalue weighted by molar-refractivity contribution is 5.85. The lowest BCUT2D eigenvalue weighted by Crippen LogP contribution is -2.32. The smallest absolute Gasteiger partial charge is 0.156 e. The van der Waals surface area contributed by atoms with Crippen LogP contribution in [0.4, 0.5) is 5.82 Å². The minimum atomic E-state index is -0.00654. The van der Waals surface area contributed by atoms with Gasteiger partial charge >= 0.3 is 0 Å². The van der Waals surface area contributed by atoms with E-state index in [4.69, 9.17) is 0 Å². The fourth-order valence-electron chi connectivity index (χ4n) is 4.93. The Morgan fingerprint density at radius 2 is 1.96 bits per heavy atom. The van der Waals surface area contributed by atoms with Crippen LogP contribution >= 0.6 is 12.4 Å². The van der Waals surface area contributed by atoms with E-state index in [1.165, 1.54) is 23.1 Å². The molecule has 1 aliphatic carbocycles. The number of aryl methyl sites for hydroxylation is 1. The molecular weight excluding hydrogens is 358 g/mol. The maximum Gasteiger partial charge on any atom is 0.156 e. The van der Waals surface area contributed by atoms with E-state index in [1.807, 2.05) is 6.20 Å². The second-order valence-corrected chi connectivity index (χ2v) is 7.55. The third-order valence-electron chi connectivity index (χ3n) is 6.17. The number of nitrogens with zero attached hydrogens (tertiary/aromatic N) is 2. The van der Waals surface area contributed by atoms with E-state index in [9.17, 15) is 5.26 Å². The molecular formula is C21H24ClN5. The number of benzene rings is 1. The number of halogens is 1. The Bertz CT molecular complexity index is 917. The van der Waals surface area contributed by atoms with Crippen molar-refractivity contribution in [2.24, 2.45) is 5.92 Å². The molecule has 3 N–H and O–H groups in total. The Balaban J connectivity index is 0.00000180. The first-order valence-electron chi connectivity index (χ1n) is 9.63. The zero-order valence-electron chi connectivity index (χ0n) is 15.2. The largest absolute Gasteiger partial charge is 0.341 e. The molecule has 2 aliphatic heterocycles. The SMILES string of the molecule is Cl.N#CC1=C(C2CCNCC2)Nc2n[nH]cc2C1c1cccc2c1CCC2. The topological polar surface area (TPSA) is 76.5 Å². The number of nitriles is 1. The molecule has 6 heteroatoms. The summed E-state index contributed by atoms with van der Waals surface area (Å²) in [5, 5.41) is 24.5. The number of hydrogen-bond donors (Lipinski definition) is 3. The number of H-pyrrole nitrogens is 1. The quantitative estimate of drug-likeness (QED) is 0.742. The third-order valence-corrected chi connectivity index (χ3v) is 6.17. The van der Waals surface area contributed by atoms with Crippen molar-refractivity contribution in [3.63, 3.8) is 0 Å². The Kier molecular flexibility index (Phi) is 4.94. The van der Waals surface area contributed by atoms with Gasteiger partial charge in [0.15, 0.2) is 5.82 Å². The van der Waals surface area contributed by atoms with Crippen molar-refractivity contribution in [3.05, 3.63) is 57.9 Å². The second kappa shape index (κ2) is 7.38. The Labute approximate surface area is 165 Å². The summed E-state index contributed by atoms with van der Waals surface area (Å²) in [6, 6.07) is 9.19. The van der Waals surface area contributed by atoms with Crippen LogP contribution in [-0.2, 0) is 12.8 Å². The molecule has 3 heterocycles. The van der Waals surface area contributed by atoms with Gasteiger partial charge in [-0.2, -0.15) is 10.4 Å². The van der Waals surface area contributed by atoms with Crippen molar-refractivity contribution in [1.82, 2.24) is 15.5 Å². The van der Waals surface area contributed by atoms with E-state index in [0.29, 0.717) is 5.92 Å². The van der Waals surface area contributed by atoms with Crippen LogP contribution in [0.15, 0.2) is 35.7 Å². The first-order valence-corrected chi connectivity index (χ1v) is 9.63. The number of fused-ring (bicyclic) bond motifs is 2. The van der Waals surface area contributed by atoms with Gasteiger partial charge in [-0.15, -0.1) is 12.4 Å². The summed E-state index contributed by atoms with van der Waals surface area (Å²) >= 11 is 0. The predicted octanol–water partition coefficient (Wildman–Crippen LogP) is 3.65. The molecule has 1 aromatic carbocycles. The van der Waals surface area contributed by atoms with Gasteiger partial charge in [0, 0.05) is 23.4 Å². The van der Waals surface area contributed by atoms with Crippen LogP contribution in [0, 0.1) is 17.2 Å². The number of rotatable bonds is 2. The summed E-state index contributed by atoms with van der Waals surface area (Å²) < 4.78 is 0. The molecule has 5 rings (SSSR count). The van der Waals surface area contributed by atoms with Crippen LogP contribution < -0.4 is 10.6 Å². The van der Waals surface area contributed by atoms with Crippen molar-refractivity contribution >= 4 is 18.2 Å². The normalized spacial score (nSPS) is 21.7. The highest BCUT2D eigenvalue weighted by atomic mass is 35.5. The minimum absolute atomic E-state index is 0. The van der Waals surface area contributed by atoms with Crippen molar-refractivity contribution in [2.45, 2.75) is 38.0 Å². The molecule has 0 radical (unpaired) electrons. The number of piperidine rings is 1. The maximum absolute atomic E-state index is 10.1. The van der Waals surface area contributed by atoms with E-state index >= 15 is 0 Å². The zero-order chi connectivity index (χ0) is 17.5. The molecule has 1 aromatic heterocycles. The monoisotopic (exact) mass is 381 g/mol. The standard InChI is InChI=1S/C21H23N5.ClH/c22-11-17-19(16-6-2-4-13-3-1-5-15(13)16)18-12-24-26-21(18)25-20(17)14-7-9-23-10-8-14;/h2,4,6,12,14,19,23H,1,3,5,7-10H2,(H2,24,25,26);1H. The summed E-state index contributed by atoms with van der Waals surface area (Å²) in [5.41, 5.74) is 7.27. The summed E-state index contributed by atoms with van der Waals surface area (Å²) in [7, 11) is 0. The molecule has 5 nitrogen and oxygen atoms in total. The van der Waals surface area contributed by atoms with E-state index in [1.54, 1.807) is 0 Å². The zero-order valence-corrected chi connectivity index (χ0v) is 16.0. The van der Waals surface area contributed by atoms with Gasteiger partial charge in [-0.05, 0) is 61.9 Å². The molecule has 0 spiro atoms. The molecule has 0 saturated carbocycles. The predicted molar refractivity (Wildman–Crippen MR) is 108 cm³/mol. The first kappa shape index (κ1) is 18.1. The van der Waals surface area contributed by atoms with Crippen LogP contribution in [0.5, 0.6) is 0 Å². The second-order valence-electron chi connectivity index (χ2n) is 7.55. The Morgan fingerprint density at radius 3 is 2.78 bits per heavy atom. The van der Waals surface area contributed by atoms with Crippen molar-refractivity contribution < 1.29 is 0 Å². The number of hydrogen-bond acceptors (Lipinski definition) is 4. The lowest BCUT2D eigenvalue weighted by atomic mass is 9.77. The van der Waals surface area contributed by atoms with Crippen LogP contribution in [-0.4, -0.2) is 23.3 Å². The van der Waals surface area contributed by atoms with Crippen molar-refractivity contribution in [1.29, 1.82) is 5.26 Å². The maximum atomic E-state index is 10.1. The minimum Gasteiger partial charge on any atom is -0.341 e. The molecule has 1 unspecified atom stereocenters. The van der Waals surface area contributed by atoms with E-state index in [2.05, 4.69) is 45.1 Å². The average molecular weight is 382 g/mol. The van der Waals surface area contributed by atoms with Gasteiger partial charge in [-0.3, -0.25) is 5.10 Å². The highest BCUT2D eigenvalue weighted by Gasteiger charge is 2.36. The van der Waals surface area contributed by atoms with Gasteiger partial charge in [0.1, 0.15) is 0 Å². The summed E-state index contributed by atoms with van der Waals surface area (Å²) in [6.07, 6.45) is 7.56. The highest BCUT2D eigenvalue weighted by Crippen LogP contribution is 2.45. The third kappa shape index (κ3) is 2.93. The van der Waals surface area contributed by atoms with Gasteiger partial charge in [0.05, 0.1) is 17.6 Å². The number of aromatic nitrogens is 2. The van der Waals surface area contributed by atoms with Crippen LogP contribution in [0.1, 0.15) is 47.4 Å². The Hall–Kier alpha value is -2.29. The molecule has 140 valence electrons. The van der Waals surface area contributed by atoms with Gasteiger partial charge in [0.25, 0.3) is 0 Å². The summed E-state index contributed by atoms with van der Waals surface area (Å²) in [6.45, 7) is 2.01. The molecule has 0 bridgehead atoms. The fraction of sp³-hybridized carbons (Fsp3) is 0.429. The molecule has 1 saturated heterocycles. The molecule has 0 amide bonds. The molecule has 27 heavy (non-hydrogen) atoms. The van der Waals surface area contributed by atoms with E-state index in [-0.39, 0.29) is 18.3 Å². The number of allylic oxidation sites excluding steroid dienone is 2. The average Bonchev–Trinajstić information content (AvgIpc) is 3.36. The van der Waals surface area contributed by atoms with Crippen molar-refractivity contribution in [3.8, 4) is 6.07 Å². The number of nitrogens with one attached hydrogen (secondary N) is 3. The number of anilines is 1. The lowest BCUT2D eigenvalue weighted by molar-refractivity contribution is 0.418. The summed E-state index contributed by atoms with van der Waals surface area (Å²) in [5.74, 6) is 1.28. The molecule has 3 aliphatic rings. The van der Waals surface area contributed by atoms with Crippen molar-refractivity contribution in [2.75, 3.05) is 18.4 Å². The fourth-order valence-corrected chi connectivity index (χ4v) is 4.93. The number of aromatic amines is 1. The van der Waals surface area contributed by atoms with Crippen LogP contribution in [0.3, 0.4) is 0 Å². The van der Waals surface area contributed by atoms with Gasteiger partial charge in [0.2, 0.25) is 0 Å². The lowest BCUT2D eigenvalue weighted by Gasteiger charge is -2.33. The first-order chi connectivity index (χ1) is 12.9. The molecule has 2 aromatic rings. The summed E-state index contributed by atoms with van der Waals surface area (Å²) in [4.78, 5) is 0. The van der Waals surface area contributed by atoms with Gasteiger partial charge in [-0.1, -0.05) is 18.2 Å². The van der Waals surface area contributed by atoms with Gasteiger partial charge in [-0.25, -0.2) is 0 Å². The molecule has 1 fully saturated rings. The molecule has 1 atom stereocenters.